The Balaban J connectivity index is 2.95. The number of hydrogen-bond donors (Lipinski definition) is 1. The molecule has 1 atom stereocenters. The van der Waals surface area contributed by atoms with Crippen molar-refractivity contribution in [2.24, 2.45) is 5.92 Å². The van der Waals surface area contributed by atoms with Crippen LogP contribution in [0.5, 0.6) is 0 Å². The van der Waals surface area contributed by atoms with Crippen LogP contribution in [-0.4, -0.2) is 17.0 Å². The van der Waals surface area contributed by atoms with Gasteiger partial charge in [-0.2, -0.15) is 0 Å². The second kappa shape index (κ2) is 6.56. The molecule has 56 valence electrons. The van der Waals surface area contributed by atoms with Gasteiger partial charge in [0.15, 0.2) is 0 Å². The van der Waals surface area contributed by atoms with Crippen LogP contribution in [0.4, 0.5) is 0 Å². The lowest BCUT2D eigenvalue weighted by Crippen LogP contribution is -1.97. The Labute approximate surface area is 65.6 Å². The molecule has 0 saturated carbocycles. The van der Waals surface area contributed by atoms with Crippen molar-refractivity contribution in [2.75, 3.05) is 11.9 Å². The maximum atomic E-state index is 8.52. The third-order valence-electron chi connectivity index (χ3n) is 1.45. The van der Waals surface area contributed by atoms with E-state index in [-0.39, 0.29) is 0 Å². The largest absolute Gasteiger partial charge is 0.396 e. The van der Waals surface area contributed by atoms with Gasteiger partial charge in [0.1, 0.15) is 0 Å². The molecule has 0 aliphatic heterocycles. The molecule has 0 aromatic heterocycles. The molecule has 0 aromatic carbocycles. The van der Waals surface area contributed by atoms with Crippen molar-refractivity contribution in [2.45, 2.75) is 26.2 Å². The van der Waals surface area contributed by atoms with Crippen LogP contribution < -0.4 is 0 Å². The van der Waals surface area contributed by atoms with Gasteiger partial charge in [-0.15, -0.1) is 0 Å². The lowest BCUT2D eigenvalue weighted by Gasteiger charge is -2.06. The number of hydrogen-bond acceptors (Lipinski definition) is 1. The summed E-state index contributed by atoms with van der Waals surface area (Å²) in [5, 5.41) is 9.61. The molecule has 2 heteroatoms. The van der Waals surface area contributed by atoms with Crippen LogP contribution in [0.3, 0.4) is 0 Å². The SMILES string of the molecule is C[C@H](CCO)CCCBr. The molecule has 0 saturated heterocycles. The van der Waals surface area contributed by atoms with E-state index in [9.17, 15) is 0 Å². The first-order valence-corrected chi connectivity index (χ1v) is 4.60. The molecule has 0 radical (unpaired) electrons. The summed E-state index contributed by atoms with van der Waals surface area (Å²) in [4.78, 5) is 0. The number of rotatable bonds is 5. The summed E-state index contributed by atoms with van der Waals surface area (Å²) < 4.78 is 0. The summed E-state index contributed by atoms with van der Waals surface area (Å²) in [5.41, 5.74) is 0. The van der Waals surface area contributed by atoms with Gasteiger partial charge < -0.3 is 5.11 Å². The second-order valence-corrected chi connectivity index (χ2v) is 3.24. The highest BCUT2D eigenvalue weighted by Crippen LogP contribution is 2.09. The first-order chi connectivity index (χ1) is 4.31. The molecule has 0 rings (SSSR count). The van der Waals surface area contributed by atoms with Gasteiger partial charge in [0.25, 0.3) is 0 Å². The minimum atomic E-state index is 0.337. The fraction of sp³-hybridized carbons (Fsp3) is 1.00. The van der Waals surface area contributed by atoms with Crippen molar-refractivity contribution in [1.82, 2.24) is 0 Å². The molecule has 9 heavy (non-hydrogen) atoms. The molecule has 0 fully saturated rings. The Morgan fingerprint density at radius 1 is 1.44 bits per heavy atom. The average Bonchev–Trinajstić information content (AvgIpc) is 1.85. The molecule has 1 nitrogen and oxygen atoms in total. The Bertz CT molecular complexity index is 56.9. The van der Waals surface area contributed by atoms with Crippen molar-refractivity contribution in [3.8, 4) is 0 Å². The van der Waals surface area contributed by atoms with E-state index >= 15 is 0 Å². The summed E-state index contributed by atoms with van der Waals surface area (Å²) in [6.45, 7) is 2.52. The van der Waals surface area contributed by atoms with E-state index in [0.717, 1.165) is 11.8 Å². The maximum Gasteiger partial charge on any atom is 0.0433 e. The van der Waals surface area contributed by atoms with Crippen molar-refractivity contribution in [3.63, 3.8) is 0 Å². The van der Waals surface area contributed by atoms with E-state index < -0.39 is 0 Å². The lowest BCUT2D eigenvalue weighted by atomic mass is 10.0. The first-order valence-electron chi connectivity index (χ1n) is 3.48. The molecule has 0 aliphatic carbocycles. The topological polar surface area (TPSA) is 20.2 Å². The molecule has 0 spiro atoms. The lowest BCUT2D eigenvalue weighted by molar-refractivity contribution is 0.258. The highest BCUT2D eigenvalue weighted by Gasteiger charge is 1.98. The van der Waals surface area contributed by atoms with Crippen molar-refractivity contribution in [3.05, 3.63) is 0 Å². The third kappa shape index (κ3) is 6.32. The van der Waals surface area contributed by atoms with Crippen LogP contribution in [0.2, 0.25) is 0 Å². The number of aliphatic hydroxyl groups is 1. The molecule has 0 aliphatic rings. The van der Waals surface area contributed by atoms with Crippen molar-refractivity contribution >= 4 is 15.9 Å². The molecule has 0 amide bonds. The minimum absolute atomic E-state index is 0.337. The molecule has 0 bridgehead atoms. The van der Waals surface area contributed by atoms with Crippen LogP contribution >= 0.6 is 15.9 Å². The monoisotopic (exact) mass is 194 g/mol. The van der Waals surface area contributed by atoms with Crippen LogP contribution in [0.1, 0.15) is 26.2 Å². The van der Waals surface area contributed by atoms with Crippen molar-refractivity contribution in [1.29, 1.82) is 0 Å². The van der Waals surface area contributed by atoms with Gasteiger partial charge in [0.2, 0.25) is 0 Å². The summed E-state index contributed by atoms with van der Waals surface area (Å²) in [5.74, 6) is 0.688. The van der Waals surface area contributed by atoms with Crippen LogP contribution in [-0.2, 0) is 0 Å². The van der Waals surface area contributed by atoms with E-state index in [2.05, 4.69) is 22.9 Å². The fourth-order valence-electron chi connectivity index (χ4n) is 0.790. The van der Waals surface area contributed by atoms with E-state index in [0.29, 0.717) is 12.5 Å². The van der Waals surface area contributed by atoms with Gasteiger partial charge in [-0.1, -0.05) is 22.9 Å². The smallest absolute Gasteiger partial charge is 0.0433 e. The molecule has 1 N–H and O–H groups in total. The van der Waals surface area contributed by atoms with Gasteiger partial charge in [0.05, 0.1) is 0 Å². The Morgan fingerprint density at radius 3 is 2.56 bits per heavy atom. The average molecular weight is 195 g/mol. The van der Waals surface area contributed by atoms with E-state index in [1.807, 2.05) is 0 Å². The first kappa shape index (κ1) is 9.44. The van der Waals surface area contributed by atoms with Gasteiger partial charge >= 0.3 is 0 Å². The minimum Gasteiger partial charge on any atom is -0.396 e. The van der Waals surface area contributed by atoms with Gasteiger partial charge in [0, 0.05) is 11.9 Å². The Morgan fingerprint density at radius 2 is 2.11 bits per heavy atom. The molecular weight excluding hydrogens is 180 g/mol. The zero-order valence-electron chi connectivity index (χ0n) is 5.94. The zero-order valence-corrected chi connectivity index (χ0v) is 7.52. The summed E-state index contributed by atoms with van der Waals surface area (Å²) in [7, 11) is 0. The standard InChI is InChI=1S/C7H15BrO/c1-7(4-6-9)3-2-5-8/h7,9H,2-6H2,1H3/t7-/m0/s1. The number of aliphatic hydroxyl groups excluding tert-OH is 1. The second-order valence-electron chi connectivity index (χ2n) is 2.45. The van der Waals surface area contributed by atoms with Crippen molar-refractivity contribution < 1.29 is 5.11 Å². The Hall–Kier alpha value is 0.440. The zero-order chi connectivity index (χ0) is 7.11. The number of alkyl halides is 1. The predicted molar refractivity (Wildman–Crippen MR) is 43.9 cm³/mol. The molecular formula is C7H15BrO. The summed E-state index contributed by atoms with van der Waals surface area (Å²) in [6, 6.07) is 0. The summed E-state index contributed by atoms with van der Waals surface area (Å²) in [6.07, 6.45) is 3.40. The quantitative estimate of drug-likeness (QED) is 0.666. The third-order valence-corrected chi connectivity index (χ3v) is 2.01. The van der Waals surface area contributed by atoms with Gasteiger partial charge in [-0.05, 0) is 25.2 Å². The molecule has 0 unspecified atom stereocenters. The molecule has 0 aromatic rings. The Kier molecular flexibility index (Phi) is 6.88. The predicted octanol–water partition coefficient (Wildman–Crippen LogP) is 2.18. The van der Waals surface area contributed by atoms with E-state index in [4.69, 9.17) is 5.11 Å². The highest BCUT2D eigenvalue weighted by atomic mass is 79.9. The molecule has 0 heterocycles. The van der Waals surface area contributed by atoms with Crippen LogP contribution in [0, 0.1) is 5.92 Å². The van der Waals surface area contributed by atoms with Gasteiger partial charge in [-0.3, -0.25) is 0 Å². The van der Waals surface area contributed by atoms with Crippen LogP contribution in [0.25, 0.3) is 0 Å². The van der Waals surface area contributed by atoms with Gasteiger partial charge in [-0.25, -0.2) is 0 Å². The number of halogens is 1. The van der Waals surface area contributed by atoms with E-state index in [1.165, 1.54) is 12.8 Å². The fourth-order valence-corrected chi connectivity index (χ4v) is 1.11. The normalized spacial score (nSPS) is 13.7. The maximum absolute atomic E-state index is 8.52. The summed E-state index contributed by atoms with van der Waals surface area (Å²) >= 11 is 3.37. The van der Waals surface area contributed by atoms with E-state index in [1.54, 1.807) is 0 Å². The van der Waals surface area contributed by atoms with Crippen LogP contribution in [0.15, 0.2) is 0 Å². The highest BCUT2D eigenvalue weighted by molar-refractivity contribution is 9.09.